The zero-order valence-corrected chi connectivity index (χ0v) is 9.23. The maximum absolute atomic E-state index is 11.2. The van der Waals surface area contributed by atoms with Crippen molar-refractivity contribution < 1.29 is 9.59 Å². The van der Waals surface area contributed by atoms with Gasteiger partial charge in [0.2, 0.25) is 11.8 Å². The van der Waals surface area contributed by atoms with Crippen LogP contribution in [0.5, 0.6) is 0 Å². The van der Waals surface area contributed by atoms with Crippen LogP contribution < -0.4 is 10.6 Å². The molecule has 0 atom stereocenters. The van der Waals surface area contributed by atoms with E-state index in [1.165, 1.54) is 0 Å². The van der Waals surface area contributed by atoms with Crippen LogP contribution in [0.3, 0.4) is 0 Å². The van der Waals surface area contributed by atoms with Crippen molar-refractivity contribution in [1.29, 1.82) is 0 Å². The van der Waals surface area contributed by atoms with Gasteiger partial charge in [-0.15, -0.1) is 0 Å². The number of carbonyl (C=O) groups excluding carboxylic acids is 2. The lowest BCUT2D eigenvalue weighted by atomic mass is 10.1. The molecule has 0 aromatic carbocycles. The molecule has 0 radical (unpaired) electrons. The Morgan fingerprint density at radius 1 is 1.29 bits per heavy atom. The maximum Gasteiger partial charge on any atom is 0.246 e. The molecule has 0 bridgehead atoms. The average Bonchev–Trinajstić information content (AvgIpc) is 1.96. The molecule has 0 aliphatic heterocycles. The van der Waals surface area contributed by atoms with Crippen molar-refractivity contribution >= 4 is 11.8 Å². The molecule has 0 unspecified atom stereocenters. The van der Waals surface area contributed by atoms with Crippen molar-refractivity contribution in [1.82, 2.24) is 10.6 Å². The van der Waals surface area contributed by atoms with Crippen LogP contribution in [0.4, 0.5) is 0 Å². The summed E-state index contributed by atoms with van der Waals surface area (Å²) in [4.78, 5) is 22.3. The second-order valence-corrected chi connectivity index (χ2v) is 4.26. The third kappa shape index (κ3) is 6.22. The Labute approximate surface area is 84.8 Å². The van der Waals surface area contributed by atoms with Crippen molar-refractivity contribution in [3.05, 3.63) is 12.2 Å². The topological polar surface area (TPSA) is 58.2 Å². The molecule has 0 aliphatic rings. The highest BCUT2D eigenvalue weighted by molar-refractivity contribution is 5.94. The number of hydrogen-bond acceptors (Lipinski definition) is 2. The van der Waals surface area contributed by atoms with Gasteiger partial charge in [0, 0.05) is 11.1 Å². The minimum absolute atomic E-state index is 0.0109. The summed E-state index contributed by atoms with van der Waals surface area (Å²) >= 11 is 0. The van der Waals surface area contributed by atoms with E-state index in [0.717, 1.165) is 0 Å². The van der Waals surface area contributed by atoms with E-state index in [0.29, 0.717) is 5.57 Å². The standard InChI is InChI=1S/C10H18N2O2/c1-7(2)9(14)11-6-8(13)12-10(3,4)5/h1,6H2,2-5H3,(H,11,14)(H,12,13). The van der Waals surface area contributed by atoms with Gasteiger partial charge in [-0.3, -0.25) is 9.59 Å². The van der Waals surface area contributed by atoms with Gasteiger partial charge < -0.3 is 10.6 Å². The monoisotopic (exact) mass is 198 g/mol. The zero-order chi connectivity index (χ0) is 11.4. The lowest BCUT2D eigenvalue weighted by Crippen LogP contribution is -2.45. The fraction of sp³-hybridized carbons (Fsp3) is 0.600. The van der Waals surface area contributed by atoms with E-state index in [1.807, 2.05) is 20.8 Å². The van der Waals surface area contributed by atoms with E-state index in [-0.39, 0.29) is 23.9 Å². The molecular weight excluding hydrogens is 180 g/mol. The van der Waals surface area contributed by atoms with Crippen LogP contribution in [0.25, 0.3) is 0 Å². The highest BCUT2D eigenvalue weighted by Crippen LogP contribution is 1.97. The van der Waals surface area contributed by atoms with E-state index in [1.54, 1.807) is 6.92 Å². The van der Waals surface area contributed by atoms with E-state index in [9.17, 15) is 9.59 Å². The van der Waals surface area contributed by atoms with Gasteiger partial charge >= 0.3 is 0 Å². The fourth-order valence-electron chi connectivity index (χ4n) is 0.774. The lowest BCUT2D eigenvalue weighted by Gasteiger charge is -2.20. The van der Waals surface area contributed by atoms with Crippen LogP contribution in [0, 0.1) is 0 Å². The maximum atomic E-state index is 11.2. The average molecular weight is 198 g/mol. The zero-order valence-electron chi connectivity index (χ0n) is 9.23. The summed E-state index contributed by atoms with van der Waals surface area (Å²) in [7, 11) is 0. The van der Waals surface area contributed by atoms with Crippen molar-refractivity contribution in [3.63, 3.8) is 0 Å². The Morgan fingerprint density at radius 2 is 1.79 bits per heavy atom. The van der Waals surface area contributed by atoms with Crippen LogP contribution in [-0.2, 0) is 9.59 Å². The summed E-state index contributed by atoms with van der Waals surface area (Å²) in [5, 5.41) is 5.18. The molecule has 0 aliphatic carbocycles. The highest BCUT2D eigenvalue weighted by Gasteiger charge is 2.13. The second-order valence-electron chi connectivity index (χ2n) is 4.26. The first-order valence-electron chi connectivity index (χ1n) is 4.47. The molecule has 0 saturated heterocycles. The van der Waals surface area contributed by atoms with Gasteiger partial charge in [0.1, 0.15) is 0 Å². The van der Waals surface area contributed by atoms with Crippen LogP contribution in [0.15, 0.2) is 12.2 Å². The summed E-state index contributed by atoms with van der Waals surface area (Å²) in [6.07, 6.45) is 0. The third-order valence-corrected chi connectivity index (χ3v) is 1.31. The second kappa shape index (κ2) is 4.79. The van der Waals surface area contributed by atoms with Crippen molar-refractivity contribution in [3.8, 4) is 0 Å². The van der Waals surface area contributed by atoms with Crippen molar-refractivity contribution in [2.75, 3.05) is 6.54 Å². The van der Waals surface area contributed by atoms with E-state index >= 15 is 0 Å². The number of rotatable bonds is 3. The van der Waals surface area contributed by atoms with Crippen LogP contribution >= 0.6 is 0 Å². The first kappa shape index (κ1) is 12.7. The minimum atomic E-state index is -0.297. The molecule has 0 rings (SSSR count). The Morgan fingerprint density at radius 3 is 2.14 bits per heavy atom. The van der Waals surface area contributed by atoms with Gasteiger partial charge in [0.15, 0.2) is 0 Å². The first-order valence-corrected chi connectivity index (χ1v) is 4.47. The Kier molecular flexibility index (Phi) is 4.34. The quantitative estimate of drug-likeness (QED) is 0.652. The third-order valence-electron chi connectivity index (χ3n) is 1.31. The summed E-state index contributed by atoms with van der Waals surface area (Å²) in [5.41, 5.74) is 0.124. The number of hydrogen-bond donors (Lipinski definition) is 2. The van der Waals surface area contributed by atoms with Gasteiger partial charge in [-0.2, -0.15) is 0 Å². The molecule has 80 valence electrons. The fourth-order valence-corrected chi connectivity index (χ4v) is 0.774. The normalized spacial score (nSPS) is 10.6. The highest BCUT2D eigenvalue weighted by atomic mass is 16.2. The molecule has 4 nitrogen and oxygen atoms in total. The van der Waals surface area contributed by atoms with E-state index in [2.05, 4.69) is 17.2 Å². The first-order chi connectivity index (χ1) is 6.22. The molecule has 0 spiro atoms. The molecular formula is C10H18N2O2. The molecule has 0 fully saturated rings. The molecule has 0 heterocycles. The predicted octanol–water partition coefficient (Wildman–Crippen LogP) is 0.593. The summed E-state index contributed by atoms with van der Waals surface area (Å²) in [5.74, 6) is -0.499. The molecule has 2 amide bonds. The van der Waals surface area contributed by atoms with E-state index in [4.69, 9.17) is 0 Å². The molecule has 2 N–H and O–H groups in total. The number of carbonyl (C=O) groups is 2. The SMILES string of the molecule is C=C(C)C(=O)NCC(=O)NC(C)(C)C. The molecule has 0 aromatic heterocycles. The van der Waals surface area contributed by atoms with Gasteiger partial charge in [-0.05, 0) is 27.7 Å². The summed E-state index contributed by atoms with van der Waals surface area (Å²) in [6.45, 7) is 10.7. The molecule has 0 aromatic rings. The van der Waals surface area contributed by atoms with Crippen LogP contribution in [-0.4, -0.2) is 23.9 Å². The predicted molar refractivity (Wildman–Crippen MR) is 55.7 cm³/mol. The molecule has 0 saturated carbocycles. The van der Waals surface area contributed by atoms with Crippen molar-refractivity contribution in [2.24, 2.45) is 0 Å². The van der Waals surface area contributed by atoms with Gasteiger partial charge in [-0.25, -0.2) is 0 Å². The van der Waals surface area contributed by atoms with Crippen LogP contribution in [0.2, 0.25) is 0 Å². The van der Waals surface area contributed by atoms with Crippen molar-refractivity contribution in [2.45, 2.75) is 33.2 Å². The largest absolute Gasteiger partial charge is 0.350 e. The molecule has 14 heavy (non-hydrogen) atoms. The Balaban J connectivity index is 3.87. The summed E-state index contributed by atoms with van der Waals surface area (Å²) in [6, 6.07) is 0. The van der Waals surface area contributed by atoms with Crippen LogP contribution in [0.1, 0.15) is 27.7 Å². The van der Waals surface area contributed by atoms with E-state index < -0.39 is 0 Å². The Hall–Kier alpha value is -1.32. The van der Waals surface area contributed by atoms with Gasteiger partial charge in [0.05, 0.1) is 6.54 Å². The number of nitrogens with one attached hydrogen (secondary N) is 2. The van der Waals surface area contributed by atoms with Gasteiger partial charge in [0.25, 0.3) is 0 Å². The lowest BCUT2D eigenvalue weighted by molar-refractivity contribution is -0.125. The molecule has 4 heteroatoms. The van der Waals surface area contributed by atoms with Gasteiger partial charge in [-0.1, -0.05) is 6.58 Å². The number of amides is 2. The Bertz CT molecular complexity index is 251. The smallest absolute Gasteiger partial charge is 0.246 e. The minimum Gasteiger partial charge on any atom is -0.350 e. The summed E-state index contributed by atoms with van der Waals surface area (Å²) < 4.78 is 0.